The number of ether oxygens (including phenoxy) is 1. The SMILES string of the molecule is CC1(C)C(NC(=O)c2ncc(N3CCC(CN4CCC(n5ncc6c(N7CCC(O)NC7=O)cccc65)CC4)CC3)cn2)C(C)(C)C1Oc1cnc(C#N)c(C(F)(F)F)c1. The molecule has 1 saturated carbocycles. The van der Waals surface area contributed by atoms with Crippen molar-refractivity contribution in [1.82, 2.24) is 40.3 Å². The Morgan fingerprint density at radius 2 is 1.68 bits per heavy atom. The monoisotopic (exact) mass is 829 g/mol. The third kappa shape index (κ3) is 7.80. The fourth-order valence-corrected chi connectivity index (χ4v) is 10.1. The van der Waals surface area contributed by atoms with Crippen LogP contribution >= 0.6 is 0 Å². The minimum atomic E-state index is -4.76. The molecule has 0 spiro atoms. The number of nitriles is 1. The van der Waals surface area contributed by atoms with Gasteiger partial charge in [0.2, 0.25) is 5.82 Å². The van der Waals surface area contributed by atoms with Crippen molar-refractivity contribution in [2.75, 3.05) is 49.1 Å². The van der Waals surface area contributed by atoms with Gasteiger partial charge in [-0.25, -0.2) is 19.7 Å². The minimum absolute atomic E-state index is 0.0257. The lowest BCUT2D eigenvalue weighted by molar-refractivity contribution is -0.165. The van der Waals surface area contributed by atoms with Crippen LogP contribution in [-0.2, 0) is 6.18 Å². The predicted molar refractivity (Wildman–Crippen MR) is 215 cm³/mol. The molecule has 0 bridgehead atoms. The van der Waals surface area contributed by atoms with Gasteiger partial charge in [0.15, 0.2) is 5.69 Å². The third-order valence-electron chi connectivity index (χ3n) is 13.0. The number of halogens is 3. The van der Waals surface area contributed by atoms with Crippen LogP contribution < -0.4 is 25.2 Å². The number of nitrogens with zero attached hydrogens (tertiary/aromatic N) is 9. The van der Waals surface area contributed by atoms with E-state index in [0.29, 0.717) is 18.9 Å². The number of amides is 3. The number of pyridine rings is 1. The highest BCUT2D eigenvalue weighted by Crippen LogP contribution is 2.55. The molecule has 4 fully saturated rings. The first-order valence-corrected chi connectivity index (χ1v) is 20.5. The van der Waals surface area contributed by atoms with Crippen LogP contribution in [0.2, 0.25) is 0 Å². The van der Waals surface area contributed by atoms with Crippen molar-refractivity contribution < 1.29 is 32.6 Å². The number of hydrogen-bond donors (Lipinski definition) is 3. The molecule has 1 unspecified atom stereocenters. The Bertz CT molecular complexity index is 2260. The average Bonchev–Trinajstić information content (AvgIpc) is 3.67. The van der Waals surface area contributed by atoms with Gasteiger partial charge < -0.3 is 30.3 Å². The van der Waals surface area contributed by atoms with Gasteiger partial charge in [0, 0.05) is 67.9 Å². The number of rotatable bonds is 9. The number of carbonyl (C=O) groups excluding carboxylic acids is 2. The molecule has 3 saturated heterocycles. The van der Waals surface area contributed by atoms with Gasteiger partial charge in [0.25, 0.3) is 5.91 Å². The number of aliphatic hydroxyl groups excluding tert-OH is 1. The topological polar surface area (TPSA) is 178 Å². The first-order valence-electron chi connectivity index (χ1n) is 20.5. The van der Waals surface area contributed by atoms with Crippen molar-refractivity contribution in [2.24, 2.45) is 16.7 Å². The number of nitrogens with one attached hydrogen (secondary N) is 2. The second-order valence-electron chi connectivity index (χ2n) is 17.7. The summed E-state index contributed by atoms with van der Waals surface area (Å²) in [6, 6.07) is 7.78. The van der Waals surface area contributed by atoms with E-state index in [9.17, 15) is 27.9 Å². The lowest BCUT2D eigenvalue weighted by Crippen LogP contribution is -2.74. The zero-order chi connectivity index (χ0) is 42.6. The molecule has 0 radical (unpaired) electrons. The summed E-state index contributed by atoms with van der Waals surface area (Å²) >= 11 is 0. The molecule has 1 aromatic carbocycles. The number of likely N-dealkylation sites (tertiary alicyclic amines) is 1. The second kappa shape index (κ2) is 15.8. The Morgan fingerprint density at radius 1 is 0.983 bits per heavy atom. The Kier molecular flexibility index (Phi) is 10.9. The van der Waals surface area contributed by atoms with Gasteiger partial charge in [0.05, 0.1) is 53.3 Å². The van der Waals surface area contributed by atoms with Gasteiger partial charge in [-0.05, 0) is 49.8 Å². The van der Waals surface area contributed by atoms with E-state index in [2.05, 4.69) is 46.1 Å². The molecule has 6 heterocycles. The summed E-state index contributed by atoms with van der Waals surface area (Å²) in [5.41, 5.74) is -0.565. The van der Waals surface area contributed by atoms with Gasteiger partial charge in [-0.1, -0.05) is 33.8 Å². The van der Waals surface area contributed by atoms with Gasteiger partial charge in [-0.3, -0.25) is 14.4 Å². The molecule has 60 heavy (non-hydrogen) atoms. The summed E-state index contributed by atoms with van der Waals surface area (Å²) in [6.45, 7) is 12.7. The van der Waals surface area contributed by atoms with Crippen molar-refractivity contribution in [3.8, 4) is 11.8 Å². The number of benzene rings is 1. The maximum atomic E-state index is 13.6. The number of fused-ring (bicyclic) bond motifs is 1. The molecule has 3 aliphatic heterocycles. The summed E-state index contributed by atoms with van der Waals surface area (Å²) < 4.78 is 48.8. The van der Waals surface area contributed by atoms with E-state index in [0.717, 1.165) is 92.9 Å². The number of urea groups is 1. The summed E-state index contributed by atoms with van der Waals surface area (Å²) in [5, 5.41) is 30.3. The quantitative estimate of drug-likeness (QED) is 0.194. The van der Waals surface area contributed by atoms with Crippen LogP contribution in [0.3, 0.4) is 0 Å². The number of hydrogen-bond acceptors (Lipinski definition) is 11. The van der Waals surface area contributed by atoms with E-state index in [1.807, 2.05) is 46.0 Å². The maximum absolute atomic E-state index is 13.6. The van der Waals surface area contributed by atoms with Crippen LogP contribution in [0.1, 0.15) is 87.7 Å². The van der Waals surface area contributed by atoms with Gasteiger partial charge in [0.1, 0.15) is 24.2 Å². The number of piperidine rings is 2. The molecule has 318 valence electrons. The first kappa shape index (κ1) is 41.2. The van der Waals surface area contributed by atoms with Crippen molar-refractivity contribution in [3.05, 3.63) is 66.1 Å². The predicted octanol–water partition coefficient (Wildman–Crippen LogP) is 5.52. The molecule has 1 atom stereocenters. The Balaban J connectivity index is 0.804. The molecule has 8 rings (SSSR count). The van der Waals surface area contributed by atoms with E-state index in [4.69, 9.17) is 15.1 Å². The zero-order valence-corrected chi connectivity index (χ0v) is 34.1. The summed E-state index contributed by atoms with van der Waals surface area (Å²) in [4.78, 5) is 45.0. The van der Waals surface area contributed by atoms with Crippen LogP contribution in [0, 0.1) is 28.1 Å². The third-order valence-corrected chi connectivity index (χ3v) is 13.0. The van der Waals surface area contributed by atoms with Gasteiger partial charge >= 0.3 is 12.2 Å². The van der Waals surface area contributed by atoms with Gasteiger partial charge in [-0.15, -0.1) is 0 Å². The lowest BCUT2D eigenvalue weighted by Gasteiger charge is -2.62. The van der Waals surface area contributed by atoms with Crippen LogP contribution in [-0.4, -0.2) is 104 Å². The molecular weight excluding hydrogens is 780 g/mol. The van der Waals surface area contributed by atoms with E-state index >= 15 is 0 Å². The highest BCUT2D eigenvalue weighted by molar-refractivity contribution is 6.02. The Labute approximate surface area is 345 Å². The fourth-order valence-electron chi connectivity index (χ4n) is 10.1. The van der Waals surface area contributed by atoms with Crippen LogP contribution in [0.5, 0.6) is 5.75 Å². The minimum Gasteiger partial charge on any atom is -0.488 e. The lowest BCUT2D eigenvalue weighted by atomic mass is 9.49. The van der Waals surface area contributed by atoms with Crippen molar-refractivity contribution in [2.45, 2.75) is 90.4 Å². The number of aliphatic hydroxyl groups is 1. The van der Waals surface area contributed by atoms with Crippen LogP contribution in [0.15, 0.2) is 49.1 Å². The first-order chi connectivity index (χ1) is 28.5. The van der Waals surface area contributed by atoms with E-state index < -0.39 is 52.5 Å². The molecule has 1 aliphatic carbocycles. The highest BCUT2D eigenvalue weighted by Gasteiger charge is 2.64. The maximum Gasteiger partial charge on any atom is 0.419 e. The second-order valence-corrected chi connectivity index (χ2v) is 17.7. The molecular formula is C42H50F3N11O4. The smallest absolute Gasteiger partial charge is 0.419 e. The van der Waals surface area contributed by atoms with E-state index in [1.54, 1.807) is 17.3 Å². The van der Waals surface area contributed by atoms with Crippen molar-refractivity contribution in [1.29, 1.82) is 5.26 Å². The highest BCUT2D eigenvalue weighted by atomic mass is 19.4. The Morgan fingerprint density at radius 3 is 2.33 bits per heavy atom. The molecule has 3 aromatic heterocycles. The number of carbonyl (C=O) groups is 2. The fraction of sp³-hybridized carbons (Fsp3) is 0.548. The largest absolute Gasteiger partial charge is 0.488 e. The van der Waals surface area contributed by atoms with Gasteiger partial charge in [-0.2, -0.15) is 23.5 Å². The number of aromatic nitrogens is 5. The molecule has 4 aromatic rings. The summed E-state index contributed by atoms with van der Waals surface area (Å²) in [7, 11) is 0. The molecule has 15 nitrogen and oxygen atoms in total. The number of anilines is 2. The van der Waals surface area contributed by atoms with Crippen molar-refractivity contribution in [3.63, 3.8) is 0 Å². The molecule has 3 N–H and O–H groups in total. The Hall–Kier alpha value is -5.54. The van der Waals surface area contributed by atoms with Crippen LogP contribution in [0.25, 0.3) is 10.9 Å². The normalized spacial score (nSPS) is 23.8. The van der Waals surface area contributed by atoms with E-state index in [1.165, 1.54) is 6.07 Å². The number of alkyl halides is 3. The molecule has 3 amide bonds. The summed E-state index contributed by atoms with van der Waals surface area (Å²) in [6.07, 6.45) is 4.66. The summed E-state index contributed by atoms with van der Waals surface area (Å²) in [5.74, 6) is 0.0313. The standard InChI is InChI=1S/C42H50F3N11O4/c1-40(2)37(41(3,4)38(40)60-28-18-30(42(43,44)45)31(19-46)47-22-28)52-36(58)35-48-20-27(21-49-35)54-15-8-25(9-16-54)24-53-13-10-26(11-14-53)56-33-7-5-6-32(29(33)23-50-56)55-17-12-34(57)51-39(55)59/h5-7,18,20-23,25-26,34,37-38,57H,8-17,24H2,1-4H3,(H,51,59)(H,52,58). The van der Waals surface area contributed by atoms with E-state index in [-0.39, 0.29) is 23.6 Å². The zero-order valence-electron chi connectivity index (χ0n) is 34.1. The molecule has 18 heteroatoms. The molecule has 4 aliphatic rings. The van der Waals surface area contributed by atoms with Crippen molar-refractivity contribution >= 4 is 34.2 Å². The average molecular weight is 830 g/mol. The van der Waals surface area contributed by atoms with Crippen LogP contribution in [0.4, 0.5) is 29.3 Å².